The molecule has 1 aromatic carbocycles. The number of rotatable bonds is 29. The van der Waals surface area contributed by atoms with E-state index in [-0.39, 0.29) is 87.1 Å². The van der Waals surface area contributed by atoms with E-state index < -0.39 is 98.2 Å². The second kappa shape index (κ2) is 30.3. The van der Waals surface area contributed by atoms with Crippen molar-refractivity contribution in [2.45, 2.75) is 64.7 Å². The molecule has 3 aromatic rings. The van der Waals surface area contributed by atoms with Crippen LogP contribution in [0.25, 0.3) is 27.0 Å². The smallest absolute Gasteiger partial charge is 0.491 e. The van der Waals surface area contributed by atoms with Gasteiger partial charge >= 0.3 is 35.9 Å². The average molecular weight is 1210 g/mol. The van der Waals surface area contributed by atoms with Gasteiger partial charge in [0.15, 0.2) is 6.23 Å². The quantitative estimate of drug-likeness (QED) is 0.00941. The van der Waals surface area contributed by atoms with Crippen molar-refractivity contribution >= 4 is 65.5 Å². The van der Waals surface area contributed by atoms with Crippen LogP contribution in [-0.4, -0.2) is 144 Å². The van der Waals surface area contributed by atoms with Crippen LogP contribution in [0.2, 0.25) is 0 Å². The van der Waals surface area contributed by atoms with Gasteiger partial charge in [-0.25, -0.2) is 18.2 Å². The predicted octanol–water partition coefficient (Wildman–Crippen LogP) is 2.51. The Labute approximate surface area is 465 Å². The number of carbonyl (C=O) groups excluding carboxylic acids is 3. The number of anilines is 1. The Bertz CT molecular complexity index is 3300. The molecule has 82 heavy (non-hydrogen) atoms. The van der Waals surface area contributed by atoms with Crippen LogP contribution in [0.5, 0.6) is 5.75 Å². The first-order valence-electron chi connectivity index (χ1n) is 24.4. The number of allylic oxidation sites excluding steroid dienone is 3. The molecule has 0 radical (unpaired) electrons. The number of halogens is 2. The SMILES string of the molecule is CC1=Cc2c(C)cc(C)n2[B-](F)(F)[NH+]=C(CCC(=O)NCCNC(=O)c2cccc(OCC(N=[N+]=[N-])OCCOCC(=O)NCC#Cc3cn([C@H]4CC(OCN=[N+]=[N-])[C@@H](COP(=O)(O)OP(=O)(O)OP(C)(=O)O)O4)c(=O)nc3N)c2)C=C1. The molecule has 5 rings (SSSR count). The fourth-order valence-corrected chi connectivity index (χ4v) is 11.2. The number of carbonyl (C=O) groups is 3. The zero-order valence-corrected chi connectivity index (χ0v) is 46.9. The summed E-state index contributed by atoms with van der Waals surface area (Å²) in [5.41, 5.74) is 25.4. The first-order valence-corrected chi connectivity index (χ1v) is 29.4. The number of fused-ring (bicyclic) bond motifs is 1. The lowest BCUT2D eigenvalue weighted by Crippen LogP contribution is -2.91. The van der Waals surface area contributed by atoms with Gasteiger partial charge in [-0.3, -0.25) is 28.0 Å². The fraction of sp³-hybridized carbons (Fsp3) is 0.455. The van der Waals surface area contributed by atoms with Gasteiger partial charge in [-0.2, -0.15) is 9.29 Å². The van der Waals surface area contributed by atoms with Gasteiger partial charge < -0.3 is 78.1 Å². The van der Waals surface area contributed by atoms with Crippen LogP contribution in [0.4, 0.5) is 14.4 Å². The topological polar surface area (TPSA) is 450 Å². The molecule has 0 bridgehead atoms. The molecule has 444 valence electrons. The molecule has 1 fully saturated rings. The molecule has 9 N–H and O–H groups in total. The van der Waals surface area contributed by atoms with Gasteiger partial charge in [-0.15, -0.1) is 0 Å². The molecular formula is C44H58BF2N14O18P3. The third-order valence-corrected chi connectivity index (χ3v) is 15.4. The molecule has 38 heteroatoms. The van der Waals surface area contributed by atoms with E-state index in [1.807, 2.05) is 0 Å². The van der Waals surface area contributed by atoms with Gasteiger partial charge in [0.05, 0.1) is 38.0 Å². The summed E-state index contributed by atoms with van der Waals surface area (Å²) in [6.07, 6.45) is 0.965. The molecule has 4 heterocycles. The lowest BCUT2D eigenvalue weighted by molar-refractivity contribution is -0.341. The van der Waals surface area contributed by atoms with Gasteiger partial charge in [0.25, 0.3) is 5.91 Å². The molecule has 1 saturated heterocycles. The first-order chi connectivity index (χ1) is 38.7. The van der Waals surface area contributed by atoms with Crippen molar-refractivity contribution < 1.29 is 93.1 Å². The van der Waals surface area contributed by atoms with Crippen LogP contribution < -0.4 is 37.0 Å². The van der Waals surface area contributed by atoms with E-state index in [2.05, 4.69) is 66.4 Å². The number of amides is 3. The van der Waals surface area contributed by atoms with Gasteiger partial charge in [0, 0.05) is 72.4 Å². The Morgan fingerprint density at radius 1 is 1.04 bits per heavy atom. The van der Waals surface area contributed by atoms with E-state index in [0.29, 0.717) is 23.6 Å². The highest BCUT2D eigenvalue weighted by Gasteiger charge is 2.44. The summed E-state index contributed by atoms with van der Waals surface area (Å²) in [5.74, 6) is 3.69. The summed E-state index contributed by atoms with van der Waals surface area (Å²) in [6, 6.07) is 7.74. The van der Waals surface area contributed by atoms with Crippen LogP contribution in [0.15, 0.2) is 69.3 Å². The molecule has 3 amide bonds. The predicted molar refractivity (Wildman–Crippen MR) is 286 cm³/mol. The van der Waals surface area contributed by atoms with Crippen LogP contribution >= 0.6 is 23.2 Å². The maximum atomic E-state index is 15.5. The minimum atomic E-state index is -5.60. The Kier molecular flexibility index (Phi) is 24.3. The monoisotopic (exact) mass is 1210 g/mol. The number of phosphoric ester groups is 1. The van der Waals surface area contributed by atoms with Crippen LogP contribution in [0.3, 0.4) is 0 Å². The zero-order chi connectivity index (χ0) is 60.3. The maximum Gasteiger partial charge on any atom is 0.730 e. The number of hydrogen-bond donors (Lipinski definition) is 8. The van der Waals surface area contributed by atoms with Gasteiger partial charge in [0.2, 0.25) is 11.8 Å². The van der Waals surface area contributed by atoms with Crippen molar-refractivity contribution in [3.63, 3.8) is 0 Å². The van der Waals surface area contributed by atoms with E-state index in [1.165, 1.54) is 18.2 Å². The fourth-order valence-electron chi connectivity index (χ4n) is 7.73. The summed E-state index contributed by atoms with van der Waals surface area (Å²) in [6.45, 7) is -1.17. The molecule has 5 unspecified atom stereocenters. The lowest BCUT2D eigenvalue weighted by Gasteiger charge is -2.21. The van der Waals surface area contributed by atoms with E-state index in [9.17, 15) is 47.6 Å². The van der Waals surface area contributed by atoms with E-state index in [1.54, 1.807) is 51.1 Å². The number of nitrogen functional groups attached to an aromatic ring is 1. The number of nitrogens with two attached hydrogens (primary N) is 1. The second-order valence-electron chi connectivity index (χ2n) is 17.7. The Balaban J connectivity index is 1.01. The number of aryl methyl sites for hydroxylation is 2. The minimum Gasteiger partial charge on any atom is -0.491 e. The number of azide groups is 2. The van der Waals surface area contributed by atoms with Crippen molar-refractivity contribution in [2.75, 3.05) is 71.8 Å². The van der Waals surface area contributed by atoms with Gasteiger partial charge in [0.1, 0.15) is 49.6 Å². The Hall–Kier alpha value is -7.07. The van der Waals surface area contributed by atoms with E-state index in [0.717, 1.165) is 20.8 Å². The Morgan fingerprint density at radius 2 is 1.79 bits per heavy atom. The molecule has 0 aliphatic carbocycles. The standard InChI is InChI=1S/C44H58BF2N14O18P3/c1-28-10-11-33(56-45(46,47)61-30(3)20-29(2)35(61)19-28)12-13-38(62)52-15-16-53-43(64)31-7-5-9-34(21-31)74-26-40(57-59-50)73-18-17-72-25-39(63)51-14-6-8-32-23-60(44(65)55-42(32)48)41-22-36(75-27-54-58-49)37(77-41)24-76-81(68,69)79-82(70,71)78-80(4,66)67/h5,7,9-11,19-21,23,36-37,40-41,56H,12-18,22,24-27H2,1-4H3,(H,51,63)(H,52,62)(H,53,64)(H,66,67)(H,68,69)(H,70,71)(H2,48,55,65)/t36?,37-,40?,41-/m1/s1. The number of aromatic nitrogens is 3. The van der Waals surface area contributed by atoms with Crippen molar-refractivity contribution in [1.29, 1.82) is 0 Å². The van der Waals surface area contributed by atoms with Crippen LogP contribution in [-0.2, 0) is 55.4 Å². The zero-order valence-electron chi connectivity index (χ0n) is 44.2. The second-order valence-corrected chi connectivity index (χ2v) is 22.7. The number of phosphoric acid groups is 2. The maximum absolute atomic E-state index is 15.5. The third-order valence-electron chi connectivity index (χ3n) is 11.2. The summed E-state index contributed by atoms with van der Waals surface area (Å²) < 4.78 is 109. The van der Waals surface area contributed by atoms with Gasteiger partial charge in [-0.05, 0) is 79.0 Å². The molecule has 2 aromatic heterocycles. The molecule has 0 spiro atoms. The number of nitrogens with zero attached hydrogens (tertiary/aromatic N) is 9. The molecule has 0 saturated carbocycles. The normalized spacial score (nSPS) is 18.9. The summed E-state index contributed by atoms with van der Waals surface area (Å²) in [5, 5.41) is 14.6. The molecule has 7 atom stereocenters. The highest BCUT2D eigenvalue weighted by atomic mass is 31.3. The highest BCUT2D eigenvalue weighted by molar-refractivity contribution is 7.68. The van der Waals surface area contributed by atoms with Crippen LogP contribution in [0.1, 0.15) is 65.3 Å². The number of hydrogen-bond acceptors (Lipinski definition) is 19. The van der Waals surface area contributed by atoms with Crippen LogP contribution in [0, 0.1) is 25.7 Å². The average Bonchev–Trinajstić information content (AvgIpc) is 3.93. The van der Waals surface area contributed by atoms with Gasteiger partial charge in [-0.1, -0.05) is 34.2 Å². The van der Waals surface area contributed by atoms with Crippen molar-refractivity contribution in [3.05, 3.63) is 114 Å². The minimum absolute atomic E-state index is 0.00971. The molecule has 2 aliphatic heterocycles. The van der Waals surface area contributed by atoms with Crippen molar-refractivity contribution in [3.8, 4) is 17.6 Å². The number of benzene rings is 1. The van der Waals surface area contributed by atoms with E-state index in [4.69, 9.17) is 45.0 Å². The van der Waals surface area contributed by atoms with Crippen molar-refractivity contribution in [1.82, 2.24) is 30.0 Å². The largest absolute Gasteiger partial charge is 0.730 e. The summed E-state index contributed by atoms with van der Waals surface area (Å²) in [4.78, 5) is 91.0. The summed E-state index contributed by atoms with van der Waals surface area (Å²) in [7, 11) is -15.8. The lowest BCUT2D eigenvalue weighted by atomic mass is 9.96. The number of nitrogens with one attached hydrogen (secondary N) is 4. The van der Waals surface area contributed by atoms with Crippen molar-refractivity contribution in [2.24, 2.45) is 10.2 Å². The first kappa shape index (κ1) is 65.7. The molecule has 2 aliphatic rings. The molecule has 32 nitrogen and oxygen atoms in total. The van der Waals surface area contributed by atoms with E-state index >= 15 is 8.63 Å². The third kappa shape index (κ3) is 21.4. The Morgan fingerprint density at radius 3 is 2.52 bits per heavy atom. The molecular weight excluding hydrogens is 1150 g/mol. The highest BCUT2D eigenvalue weighted by Crippen LogP contribution is 2.66. The number of ether oxygens (including phenoxy) is 5. The summed E-state index contributed by atoms with van der Waals surface area (Å²) >= 11 is 0.